The number of benzene rings is 1. The van der Waals surface area contributed by atoms with Crippen molar-refractivity contribution in [2.45, 2.75) is 6.18 Å². The Hall–Kier alpha value is -1.27. The first-order valence-electron chi connectivity index (χ1n) is 5.53. The number of halogens is 3. The number of likely N-dealkylation sites (N-methyl/N-ethyl adjacent to an activating group) is 1. The average molecular weight is 263 g/mol. The van der Waals surface area contributed by atoms with E-state index < -0.39 is 11.7 Å². The number of para-hydroxylation sites is 1. The molecule has 0 saturated carbocycles. The molecule has 0 bridgehead atoms. The van der Waals surface area contributed by atoms with Crippen molar-refractivity contribution in [2.75, 3.05) is 33.4 Å². The molecule has 1 aromatic carbocycles. The smallest absolute Gasteiger partial charge is 0.419 e. The molecule has 0 fully saturated rings. The van der Waals surface area contributed by atoms with Gasteiger partial charge in [0.05, 0.1) is 12.2 Å². The predicted octanol–water partition coefficient (Wildman–Crippen LogP) is 2.01. The number of aliphatic hydroxyl groups excluding tert-OH is 1. The van der Waals surface area contributed by atoms with Gasteiger partial charge in [-0.1, -0.05) is 12.1 Å². The number of hydrogen-bond donors (Lipinski definition) is 1. The molecule has 1 rings (SSSR count). The first-order chi connectivity index (χ1) is 8.45. The molecule has 0 unspecified atom stereocenters. The van der Waals surface area contributed by atoms with Crippen LogP contribution >= 0.6 is 0 Å². The maximum absolute atomic E-state index is 12.6. The zero-order valence-electron chi connectivity index (χ0n) is 10.1. The normalized spacial score (nSPS) is 11.9. The van der Waals surface area contributed by atoms with E-state index in [9.17, 15) is 13.2 Å². The lowest BCUT2D eigenvalue weighted by Crippen LogP contribution is -2.27. The SMILES string of the molecule is CN(CCO)CCOc1ccccc1C(F)(F)F. The van der Waals surface area contributed by atoms with E-state index in [0.717, 1.165) is 6.07 Å². The maximum Gasteiger partial charge on any atom is 0.419 e. The van der Waals surface area contributed by atoms with Crippen molar-refractivity contribution in [3.8, 4) is 5.75 Å². The predicted molar refractivity (Wildman–Crippen MR) is 61.5 cm³/mol. The van der Waals surface area contributed by atoms with Crippen LogP contribution in [-0.2, 0) is 6.18 Å². The quantitative estimate of drug-likeness (QED) is 0.852. The van der Waals surface area contributed by atoms with Gasteiger partial charge in [-0.15, -0.1) is 0 Å². The third kappa shape index (κ3) is 4.54. The van der Waals surface area contributed by atoms with Crippen LogP contribution in [0.3, 0.4) is 0 Å². The molecule has 0 radical (unpaired) electrons. The third-order valence-corrected chi connectivity index (χ3v) is 2.40. The number of alkyl halides is 3. The summed E-state index contributed by atoms with van der Waals surface area (Å²) in [4.78, 5) is 1.77. The first kappa shape index (κ1) is 14.8. The molecule has 6 heteroatoms. The lowest BCUT2D eigenvalue weighted by Gasteiger charge is -2.17. The van der Waals surface area contributed by atoms with E-state index in [2.05, 4.69) is 0 Å². The molecule has 0 aromatic heterocycles. The monoisotopic (exact) mass is 263 g/mol. The van der Waals surface area contributed by atoms with Gasteiger partial charge in [-0.3, -0.25) is 0 Å². The van der Waals surface area contributed by atoms with E-state index in [4.69, 9.17) is 9.84 Å². The molecule has 1 aromatic rings. The summed E-state index contributed by atoms with van der Waals surface area (Å²) < 4.78 is 43.0. The van der Waals surface area contributed by atoms with Gasteiger partial charge in [0.15, 0.2) is 0 Å². The van der Waals surface area contributed by atoms with Gasteiger partial charge < -0.3 is 14.7 Å². The second kappa shape index (κ2) is 6.61. The first-order valence-corrected chi connectivity index (χ1v) is 5.53. The molecule has 0 aliphatic rings. The topological polar surface area (TPSA) is 32.7 Å². The molecular formula is C12H16F3NO2. The van der Waals surface area contributed by atoms with Gasteiger partial charge in [-0.25, -0.2) is 0 Å². The highest BCUT2D eigenvalue weighted by Gasteiger charge is 2.33. The second-order valence-corrected chi connectivity index (χ2v) is 3.87. The third-order valence-electron chi connectivity index (χ3n) is 2.40. The van der Waals surface area contributed by atoms with Crippen LogP contribution in [0.1, 0.15) is 5.56 Å². The Morgan fingerprint density at radius 2 is 1.89 bits per heavy atom. The van der Waals surface area contributed by atoms with E-state index in [0.29, 0.717) is 13.1 Å². The molecule has 0 atom stereocenters. The van der Waals surface area contributed by atoms with Crippen LogP contribution in [0.2, 0.25) is 0 Å². The van der Waals surface area contributed by atoms with Crippen molar-refractivity contribution in [3.63, 3.8) is 0 Å². The molecular weight excluding hydrogens is 247 g/mol. The summed E-state index contributed by atoms with van der Waals surface area (Å²) in [6.07, 6.45) is -4.41. The van der Waals surface area contributed by atoms with Crippen molar-refractivity contribution in [1.29, 1.82) is 0 Å². The van der Waals surface area contributed by atoms with Gasteiger partial charge in [0.1, 0.15) is 12.4 Å². The molecule has 0 aliphatic heterocycles. The summed E-state index contributed by atoms with van der Waals surface area (Å²) in [6, 6.07) is 5.12. The van der Waals surface area contributed by atoms with Crippen LogP contribution < -0.4 is 4.74 Å². The molecule has 0 spiro atoms. The number of nitrogens with zero attached hydrogens (tertiary/aromatic N) is 1. The van der Waals surface area contributed by atoms with Crippen LogP contribution in [0.25, 0.3) is 0 Å². The van der Waals surface area contributed by atoms with E-state index in [1.807, 2.05) is 0 Å². The molecule has 102 valence electrons. The van der Waals surface area contributed by atoms with Crippen molar-refractivity contribution in [3.05, 3.63) is 29.8 Å². The largest absolute Gasteiger partial charge is 0.492 e. The van der Waals surface area contributed by atoms with Gasteiger partial charge in [-0.2, -0.15) is 13.2 Å². The Kier molecular flexibility index (Phi) is 5.43. The Balaban J connectivity index is 2.57. The minimum atomic E-state index is -4.41. The van der Waals surface area contributed by atoms with Crippen molar-refractivity contribution in [1.82, 2.24) is 4.90 Å². The summed E-state index contributed by atoms with van der Waals surface area (Å²) >= 11 is 0. The standard InChI is InChI=1S/C12H16F3NO2/c1-16(6-8-17)7-9-18-11-5-3-2-4-10(11)12(13,14)15/h2-5,17H,6-9H2,1H3. The highest BCUT2D eigenvalue weighted by molar-refractivity contribution is 5.35. The van der Waals surface area contributed by atoms with Crippen molar-refractivity contribution >= 4 is 0 Å². The molecule has 0 aliphatic carbocycles. The Bertz CT molecular complexity index is 369. The Morgan fingerprint density at radius 3 is 2.50 bits per heavy atom. The molecule has 0 heterocycles. The van der Waals surface area contributed by atoms with Crippen molar-refractivity contribution < 1.29 is 23.0 Å². The maximum atomic E-state index is 12.6. The van der Waals surface area contributed by atoms with E-state index in [1.54, 1.807) is 11.9 Å². The van der Waals surface area contributed by atoms with E-state index >= 15 is 0 Å². The van der Waals surface area contributed by atoms with Crippen LogP contribution in [0.15, 0.2) is 24.3 Å². The molecule has 0 saturated heterocycles. The van der Waals surface area contributed by atoms with Crippen LogP contribution in [0.4, 0.5) is 13.2 Å². The lowest BCUT2D eigenvalue weighted by atomic mass is 10.2. The van der Waals surface area contributed by atoms with E-state index in [1.165, 1.54) is 18.2 Å². The minimum Gasteiger partial charge on any atom is -0.492 e. The molecule has 3 nitrogen and oxygen atoms in total. The van der Waals surface area contributed by atoms with Gasteiger partial charge >= 0.3 is 6.18 Å². The zero-order valence-corrected chi connectivity index (χ0v) is 10.1. The van der Waals surface area contributed by atoms with Crippen molar-refractivity contribution in [2.24, 2.45) is 0 Å². The minimum absolute atomic E-state index is 0.00956. The highest BCUT2D eigenvalue weighted by atomic mass is 19.4. The summed E-state index contributed by atoms with van der Waals surface area (Å²) in [5.41, 5.74) is -0.769. The lowest BCUT2D eigenvalue weighted by molar-refractivity contribution is -0.139. The molecule has 18 heavy (non-hydrogen) atoms. The van der Waals surface area contributed by atoms with Gasteiger partial charge in [0.25, 0.3) is 0 Å². The number of ether oxygens (including phenoxy) is 1. The average Bonchev–Trinajstić information content (AvgIpc) is 2.28. The Labute approximate surface area is 104 Å². The number of rotatable bonds is 6. The zero-order chi connectivity index (χ0) is 13.6. The van der Waals surface area contributed by atoms with Gasteiger partial charge in [0, 0.05) is 13.1 Å². The molecule has 0 amide bonds. The molecule has 1 N–H and O–H groups in total. The van der Waals surface area contributed by atoms with Gasteiger partial charge in [0.2, 0.25) is 0 Å². The van der Waals surface area contributed by atoms with E-state index in [-0.39, 0.29) is 19.0 Å². The summed E-state index contributed by atoms with van der Waals surface area (Å²) in [7, 11) is 1.76. The van der Waals surface area contributed by atoms with Crippen LogP contribution in [0, 0.1) is 0 Å². The summed E-state index contributed by atoms with van der Waals surface area (Å²) in [5, 5.41) is 8.67. The highest BCUT2D eigenvalue weighted by Crippen LogP contribution is 2.35. The summed E-state index contributed by atoms with van der Waals surface area (Å²) in [5.74, 6) is -0.164. The van der Waals surface area contributed by atoms with Crippen LogP contribution in [0.5, 0.6) is 5.75 Å². The fourth-order valence-corrected chi connectivity index (χ4v) is 1.42. The second-order valence-electron chi connectivity index (χ2n) is 3.87. The van der Waals surface area contributed by atoms with Gasteiger partial charge in [-0.05, 0) is 19.2 Å². The fourth-order valence-electron chi connectivity index (χ4n) is 1.42. The van der Waals surface area contributed by atoms with Crippen LogP contribution in [-0.4, -0.2) is 43.4 Å². The summed E-state index contributed by atoms with van der Waals surface area (Å²) in [6.45, 7) is 1.07. The Morgan fingerprint density at radius 1 is 1.22 bits per heavy atom. The number of hydrogen-bond acceptors (Lipinski definition) is 3. The fraction of sp³-hybridized carbons (Fsp3) is 0.500. The number of aliphatic hydroxyl groups is 1.